The number of carbonyl (C=O) groups is 2. The summed E-state index contributed by atoms with van der Waals surface area (Å²) >= 11 is 13.1. The molecule has 0 saturated heterocycles. The van der Waals surface area contributed by atoms with Gasteiger partial charge in [-0.1, -0.05) is 29.3 Å². The fourth-order valence-electron chi connectivity index (χ4n) is 1.29. The molecule has 0 saturated carbocycles. The quantitative estimate of drug-likeness (QED) is 0.436. The first-order valence-corrected chi connectivity index (χ1v) is 7.27. The lowest BCUT2D eigenvalue weighted by Crippen LogP contribution is -2.36. The number of carbonyl (C=O) groups excluding carboxylic acids is 1. The van der Waals surface area contributed by atoms with Gasteiger partial charge in [-0.3, -0.25) is 4.79 Å². The normalized spacial score (nSPS) is 11.9. The molecule has 0 spiro atoms. The number of aliphatic carboxylic acids is 1. The molecule has 104 valence electrons. The summed E-state index contributed by atoms with van der Waals surface area (Å²) in [5, 5.41) is 11.8. The summed E-state index contributed by atoms with van der Waals surface area (Å²) < 4.78 is 0. The number of pyridine rings is 1. The van der Waals surface area contributed by atoms with Gasteiger partial charge in [0.25, 0.3) is 0 Å². The number of nitrogens with zero attached hydrogens (tertiary/aromatic N) is 1. The number of carboxylic acids is 1. The molecule has 0 radical (unpaired) electrons. The Labute approximate surface area is 124 Å². The molecule has 0 aliphatic rings. The molecule has 0 fully saturated rings. The predicted octanol–water partition coefficient (Wildman–Crippen LogP) is 2.21. The van der Waals surface area contributed by atoms with Gasteiger partial charge in [-0.2, -0.15) is 11.8 Å². The summed E-state index contributed by atoms with van der Waals surface area (Å²) in [6.45, 7) is 0. The molecule has 0 aliphatic carbocycles. The molecular formula is C11H12Cl2N2O3S. The van der Waals surface area contributed by atoms with Crippen molar-refractivity contribution >= 4 is 47.3 Å². The number of carboxylic acid groups (broad SMARTS) is 1. The van der Waals surface area contributed by atoms with E-state index >= 15 is 0 Å². The third-order valence-electron chi connectivity index (χ3n) is 2.27. The molecule has 1 atom stereocenters. The van der Waals surface area contributed by atoms with Crippen LogP contribution in [0.25, 0.3) is 0 Å². The Hall–Kier alpha value is -0.980. The lowest BCUT2D eigenvalue weighted by atomic mass is 10.2. The van der Waals surface area contributed by atoms with E-state index in [0.717, 1.165) is 5.56 Å². The molecule has 1 aromatic rings. The van der Waals surface area contributed by atoms with Crippen LogP contribution in [0.4, 0.5) is 0 Å². The van der Waals surface area contributed by atoms with Gasteiger partial charge in [-0.15, -0.1) is 0 Å². The van der Waals surface area contributed by atoms with Gasteiger partial charge in [0.2, 0.25) is 6.41 Å². The maximum absolute atomic E-state index is 10.8. The Morgan fingerprint density at radius 3 is 2.84 bits per heavy atom. The van der Waals surface area contributed by atoms with E-state index < -0.39 is 12.0 Å². The van der Waals surface area contributed by atoms with Crippen LogP contribution in [0.1, 0.15) is 12.0 Å². The van der Waals surface area contributed by atoms with Gasteiger partial charge in [0.15, 0.2) is 0 Å². The summed E-state index contributed by atoms with van der Waals surface area (Å²) in [5.74, 6) is 0.145. The highest BCUT2D eigenvalue weighted by molar-refractivity contribution is 7.98. The topological polar surface area (TPSA) is 79.3 Å². The molecule has 1 amide bonds. The molecule has 2 N–H and O–H groups in total. The Bertz CT molecular complexity index is 460. The van der Waals surface area contributed by atoms with E-state index in [1.807, 2.05) is 0 Å². The zero-order valence-corrected chi connectivity index (χ0v) is 12.1. The number of halogens is 2. The monoisotopic (exact) mass is 322 g/mol. The zero-order valence-electron chi connectivity index (χ0n) is 9.81. The van der Waals surface area contributed by atoms with Crippen molar-refractivity contribution in [1.29, 1.82) is 0 Å². The van der Waals surface area contributed by atoms with Crippen molar-refractivity contribution in [3.05, 3.63) is 28.0 Å². The van der Waals surface area contributed by atoms with E-state index in [9.17, 15) is 9.59 Å². The van der Waals surface area contributed by atoms with E-state index in [0.29, 0.717) is 34.6 Å². The second-order valence-electron chi connectivity index (χ2n) is 3.60. The Morgan fingerprint density at radius 2 is 2.26 bits per heavy atom. The van der Waals surface area contributed by atoms with Crippen LogP contribution in [0.15, 0.2) is 12.1 Å². The average molecular weight is 323 g/mol. The smallest absolute Gasteiger partial charge is 0.326 e. The fraction of sp³-hybridized carbons (Fsp3) is 0.364. The van der Waals surface area contributed by atoms with Crippen molar-refractivity contribution < 1.29 is 14.7 Å². The summed E-state index contributed by atoms with van der Waals surface area (Å²) in [6, 6.07) is 2.57. The third kappa shape index (κ3) is 5.67. The molecule has 0 bridgehead atoms. The Morgan fingerprint density at radius 1 is 1.53 bits per heavy atom. The van der Waals surface area contributed by atoms with Gasteiger partial charge >= 0.3 is 5.97 Å². The first-order chi connectivity index (χ1) is 9.04. The summed E-state index contributed by atoms with van der Waals surface area (Å²) in [4.78, 5) is 24.9. The van der Waals surface area contributed by atoms with Gasteiger partial charge in [0, 0.05) is 5.75 Å². The van der Waals surface area contributed by atoms with Crippen molar-refractivity contribution in [1.82, 2.24) is 10.3 Å². The Balaban J connectivity index is 2.37. The SMILES string of the molecule is O=CNC(CCSCc1ccc(Cl)nc1Cl)C(=O)O. The van der Waals surface area contributed by atoms with Crippen LogP contribution < -0.4 is 5.32 Å². The molecule has 8 heteroatoms. The third-order valence-corrected chi connectivity index (χ3v) is 3.85. The Kier molecular flexibility index (Phi) is 6.97. The first kappa shape index (κ1) is 16.1. The summed E-state index contributed by atoms with van der Waals surface area (Å²) in [5.41, 5.74) is 0.839. The van der Waals surface area contributed by atoms with Crippen LogP contribution in [0.5, 0.6) is 0 Å². The number of rotatable bonds is 8. The fourth-order valence-corrected chi connectivity index (χ4v) is 2.78. The minimum absolute atomic E-state index is 0.333. The number of thioether (sulfide) groups is 1. The number of nitrogens with one attached hydrogen (secondary N) is 1. The second-order valence-corrected chi connectivity index (χ2v) is 5.45. The van der Waals surface area contributed by atoms with Crippen LogP contribution in [-0.4, -0.2) is 34.3 Å². The van der Waals surface area contributed by atoms with Crippen LogP contribution in [0, 0.1) is 0 Å². The van der Waals surface area contributed by atoms with E-state index in [1.54, 1.807) is 12.1 Å². The first-order valence-electron chi connectivity index (χ1n) is 5.35. The molecule has 1 unspecified atom stereocenters. The van der Waals surface area contributed by atoms with Crippen LogP contribution >= 0.6 is 35.0 Å². The molecule has 1 aromatic heterocycles. The van der Waals surface area contributed by atoms with Crippen LogP contribution in [-0.2, 0) is 15.3 Å². The maximum Gasteiger partial charge on any atom is 0.326 e. The van der Waals surface area contributed by atoms with E-state index in [-0.39, 0.29) is 0 Å². The number of amides is 1. The van der Waals surface area contributed by atoms with Crippen molar-refractivity contribution in [2.24, 2.45) is 0 Å². The van der Waals surface area contributed by atoms with E-state index in [4.69, 9.17) is 28.3 Å². The molecule has 1 heterocycles. The van der Waals surface area contributed by atoms with E-state index in [1.165, 1.54) is 11.8 Å². The number of hydrogen-bond donors (Lipinski definition) is 2. The lowest BCUT2D eigenvalue weighted by molar-refractivity contribution is -0.140. The van der Waals surface area contributed by atoms with Gasteiger partial charge in [-0.25, -0.2) is 9.78 Å². The lowest BCUT2D eigenvalue weighted by Gasteiger charge is -2.10. The van der Waals surface area contributed by atoms with Crippen molar-refractivity contribution in [2.75, 3.05) is 5.75 Å². The largest absolute Gasteiger partial charge is 0.480 e. The molecule has 19 heavy (non-hydrogen) atoms. The molecule has 5 nitrogen and oxygen atoms in total. The predicted molar refractivity (Wildman–Crippen MR) is 75.7 cm³/mol. The van der Waals surface area contributed by atoms with E-state index in [2.05, 4.69) is 10.3 Å². The molecule has 0 aromatic carbocycles. The van der Waals surface area contributed by atoms with Crippen LogP contribution in [0.2, 0.25) is 10.3 Å². The molecule has 1 rings (SSSR count). The van der Waals surface area contributed by atoms with Gasteiger partial charge in [-0.05, 0) is 23.8 Å². The van der Waals surface area contributed by atoms with Gasteiger partial charge in [0.05, 0.1) is 0 Å². The van der Waals surface area contributed by atoms with Gasteiger partial charge in [0.1, 0.15) is 16.3 Å². The minimum Gasteiger partial charge on any atom is -0.480 e. The molecular weight excluding hydrogens is 311 g/mol. The highest BCUT2D eigenvalue weighted by Gasteiger charge is 2.15. The molecule has 0 aliphatic heterocycles. The number of aromatic nitrogens is 1. The summed E-state index contributed by atoms with van der Waals surface area (Å²) in [7, 11) is 0. The van der Waals surface area contributed by atoms with Crippen molar-refractivity contribution in [3.8, 4) is 0 Å². The highest BCUT2D eigenvalue weighted by atomic mass is 35.5. The zero-order chi connectivity index (χ0) is 14.3. The maximum atomic E-state index is 10.8. The van der Waals surface area contributed by atoms with Crippen molar-refractivity contribution in [3.63, 3.8) is 0 Å². The highest BCUT2D eigenvalue weighted by Crippen LogP contribution is 2.22. The second kappa shape index (κ2) is 8.24. The summed E-state index contributed by atoms with van der Waals surface area (Å²) in [6.07, 6.45) is 0.737. The minimum atomic E-state index is -1.04. The number of hydrogen-bond acceptors (Lipinski definition) is 4. The van der Waals surface area contributed by atoms with Gasteiger partial charge < -0.3 is 10.4 Å². The standard InChI is InChI=1S/C11H12Cl2N2O3S/c12-9-2-1-7(10(13)15-9)5-19-4-3-8(11(17)18)14-6-16/h1-2,6,8H,3-5H2,(H,14,16)(H,17,18). The van der Waals surface area contributed by atoms with Crippen molar-refractivity contribution in [2.45, 2.75) is 18.2 Å². The average Bonchev–Trinajstić information content (AvgIpc) is 2.35. The van der Waals surface area contributed by atoms with Crippen LogP contribution in [0.3, 0.4) is 0 Å².